The molecule has 24 heavy (non-hydrogen) atoms. The lowest BCUT2D eigenvalue weighted by Crippen LogP contribution is -2.49. The van der Waals surface area contributed by atoms with Gasteiger partial charge in [0, 0.05) is 19.6 Å². The number of nitrogens with one attached hydrogen (secondary N) is 2. The molecule has 3 atom stereocenters. The molecule has 0 spiro atoms. The SMILES string of the molecule is CCc1ccc([C@H](C)NC(=O)[C@@H](C)NC[C@@H]2CN(C)CCO2)cc1. The predicted octanol–water partition coefficient (Wildman–Crippen LogP) is 1.73. The van der Waals surface area contributed by atoms with Gasteiger partial charge in [-0.15, -0.1) is 0 Å². The molecule has 1 amide bonds. The van der Waals surface area contributed by atoms with Crippen LogP contribution in [0.5, 0.6) is 0 Å². The fourth-order valence-electron chi connectivity index (χ4n) is 2.85. The molecule has 0 saturated carbocycles. The van der Waals surface area contributed by atoms with Crippen LogP contribution in [0.4, 0.5) is 0 Å². The van der Waals surface area contributed by atoms with Crippen LogP contribution >= 0.6 is 0 Å². The Hall–Kier alpha value is -1.43. The first-order chi connectivity index (χ1) is 11.5. The van der Waals surface area contributed by atoms with Crippen molar-refractivity contribution < 1.29 is 9.53 Å². The molecule has 1 aromatic rings. The van der Waals surface area contributed by atoms with E-state index in [1.165, 1.54) is 5.56 Å². The number of carbonyl (C=O) groups excluding carboxylic acids is 1. The Kier molecular flexibility index (Phi) is 7.21. The van der Waals surface area contributed by atoms with Gasteiger partial charge in [0.15, 0.2) is 0 Å². The van der Waals surface area contributed by atoms with Crippen LogP contribution in [-0.4, -0.2) is 56.2 Å². The van der Waals surface area contributed by atoms with Crippen LogP contribution in [0.3, 0.4) is 0 Å². The second-order valence-electron chi connectivity index (χ2n) is 6.71. The Labute approximate surface area is 145 Å². The summed E-state index contributed by atoms with van der Waals surface area (Å²) in [7, 11) is 2.09. The van der Waals surface area contributed by atoms with Gasteiger partial charge in [-0.1, -0.05) is 31.2 Å². The molecule has 134 valence electrons. The smallest absolute Gasteiger partial charge is 0.237 e. The number of morpholine rings is 1. The van der Waals surface area contributed by atoms with Crippen molar-refractivity contribution in [2.45, 2.75) is 45.4 Å². The zero-order valence-electron chi connectivity index (χ0n) is 15.3. The molecule has 2 N–H and O–H groups in total. The van der Waals surface area contributed by atoms with Gasteiger partial charge in [-0.25, -0.2) is 0 Å². The summed E-state index contributed by atoms with van der Waals surface area (Å²) in [6, 6.07) is 8.19. The molecule has 0 bridgehead atoms. The lowest BCUT2D eigenvalue weighted by Gasteiger charge is -2.31. The van der Waals surface area contributed by atoms with Gasteiger partial charge in [0.05, 0.1) is 24.8 Å². The number of nitrogens with zero attached hydrogens (tertiary/aromatic N) is 1. The van der Waals surface area contributed by atoms with E-state index in [1.54, 1.807) is 0 Å². The van der Waals surface area contributed by atoms with Crippen molar-refractivity contribution in [2.24, 2.45) is 0 Å². The Morgan fingerprint density at radius 2 is 2.04 bits per heavy atom. The van der Waals surface area contributed by atoms with E-state index >= 15 is 0 Å². The number of ether oxygens (including phenoxy) is 1. The van der Waals surface area contributed by atoms with E-state index in [2.05, 4.69) is 53.8 Å². The van der Waals surface area contributed by atoms with Crippen molar-refractivity contribution in [3.8, 4) is 0 Å². The first-order valence-electron chi connectivity index (χ1n) is 8.92. The van der Waals surface area contributed by atoms with E-state index in [-0.39, 0.29) is 24.1 Å². The van der Waals surface area contributed by atoms with Gasteiger partial charge in [0.25, 0.3) is 0 Å². The number of amides is 1. The average Bonchev–Trinajstić information content (AvgIpc) is 2.59. The molecule has 1 aliphatic rings. The second-order valence-corrected chi connectivity index (χ2v) is 6.71. The minimum atomic E-state index is -0.238. The minimum Gasteiger partial charge on any atom is -0.374 e. The Balaban J connectivity index is 1.77. The van der Waals surface area contributed by atoms with Crippen molar-refractivity contribution >= 4 is 5.91 Å². The zero-order valence-corrected chi connectivity index (χ0v) is 15.3. The highest BCUT2D eigenvalue weighted by atomic mass is 16.5. The van der Waals surface area contributed by atoms with Gasteiger partial charge in [-0.2, -0.15) is 0 Å². The van der Waals surface area contributed by atoms with Crippen LogP contribution in [0, 0.1) is 0 Å². The molecule has 1 saturated heterocycles. The topological polar surface area (TPSA) is 53.6 Å². The van der Waals surface area contributed by atoms with Crippen LogP contribution in [0.25, 0.3) is 0 Å². The quantitative estimate of drug-likeness (QED) is 0.798. The molecule has 0 radical (unpaired) electrons. The van der Waals surface area contributed by atoms with E-state index in [9.17, 15) is 4.79 Å². The number of aryl methyl sites for hydroxylation is 1. The number of hydrogen-bond acceptors (Lipinski definition) is 4. The highest BCUT2D eigenvalue weighted by Gasteiger charge is 2.21. The highest BCUT2D eigenvalue weighted by molar-refractivity contribution is 5.81. The second kappa shape index (κ2) is 9.16. The number of hydrogen-bond donors (Lipinski definition) is 2. The fourth-order valence-corrected chi connectivity index (χ4v) is 2.85. The minimum absolute atomic E-state index is 0.00437. The maximum atomic E-state index is 12.4. The summed E-state index contributed by atoms with van der Waals surface area (Å²) in [6.45, 7) is 9.38. The third-order valence-electron chi connectivity index (χ3n) is 4.63. The van der Waals surface area contributed by atoms with Crippen LogP contribution in [-0.2, 0) is 16.0 Å². The van der Waals surface area contributed by atoms with Crippen LogP contribution in [0.15, 0.2) is 24.3 Å². The Bertz CT molecular complexity index is 518. The van der Waals surface area contributed by atoms with E-state index < -0.39 is 0 Å². The molecule has 1 aromatic carbocycles. The predicted molar refractivity (Wildman–Crippen MR) is 97.1 cm³/mol. The molecule has 1 heterocycles. The molecular formula is C19H31N3O2. The van der Waals surface area contributed by atoms with Gasteiger partial charge in [-0.3, -0.25) is 4.79 Å². The normalized spacial score (nSPS) is 21.2. The maximum Gasteiger partial charge on any atom is 0.237 e. The van der Waals surface area contributed by atoms with Crippen LogP contribution in [0.2, 0.25) is 0 Å². The monoisotopic (exact) mass is 333 g/mol. The van der Waals surface area contributed by atoms with Crippen molar-refractivity contribution in [1.82, 2.24) is 15.5 Å². The maximum absolute atomic E-state index is 12.4. The summed E-state index contributed by atoms with van der Waals surface area (Å²) in [5.74, 6) is 0.0197. The summed E-state index contributed by atoms with van der Waals surface area (Å²) in [5.41, 5.74) is 2.44. The van der Waals surface area contributed by atoms with Gasteiger partial charge >= 0.3 is 0 Å². The van der Waals surface area contributed by atoms with E-state index in [4.69, 9.17) is 4.74 Å². The summed E-state index contributed by atoms with van der Waals surface area (Å²) in [4.78, 5) is 14.6. The molecule has 0 aliphatic carbocycles. The molecule has 0 unspecified atom stereocenters. The van der Waals surface area contributed by atoms with Crippen molar-refractivity contribution in [3.05, 3.63) is 35.4 Å². The standard InChI is InChI=1S/C19H31N3O2/c1-5-16-6-8-17(9-7-16)14(2)21-19(23)15(3)20-12-18-13-22(4)10-11-24-18/h6-9,14-15,18,20H,5,10-13H2,1-4H3,(H,21,23)/t14-,15+,18+/m0/s1. The first-order valence-corrected chi connectivity index (χ1v) is 8.92. The first kappa shape index (κ1) is 18.9. The van der Waals surface area contributed by atoms with Crippen molar-refractivity contribution in [3.63, 3.8) is 0 Å². The summed E-state index contributed by atoms with van der Waals surface area (Å²) in [6.07, 6.45) is 1.18. The molecular weight excluding hydrogens is 302 g/mol. The lowest BCUT2D eigenvalue weighted by molar-refractivity contribution is -0.123. The molecule has 5 heteroatoms. The van der Waals surface area contributed by atoms with E-state index in [0.29, 0.717) is 6.54 Å². The molecule has 5 nitrogen and oxygen atoms in total. The Morgan fingerprint density at radius 3 is 2.67 bits per heavy atom. The fraction of sp³-hybridized carbons (Fsp3) is 0.632. The molecule has 1 fully saturated rings. The lowest BCUT2D eigenvalue weighted by atomic mass is 10.0. The number of benzene rings is 1. The summed E-state index contributed by atoms with van der Waals surface area (Å²) in [5, 5.41) is 6.36. The van der Waals surface area contributed by atoms with Gasteiger partial charge in [0.1, 0.15) is 0 Å². The largest absolute Gasteiger partial charge is 0.374 e. The molecule has 2 rings (SSSR count). The van der Waals surface area contributed by atoms with Gasteiger partial charge < -0.3 is 20.3 Å². The third-order valence-corrected chi connectivity index (χ3v) is 4.63. The van der Waals surface area contributed by atoms with Crippen LogP contribution in [0.1, 0.15) is 37.9 Å². The molecule has 1 aliphatic heterocycles. The highest BCUT2D eigenvalue weighted by Crippen LogP contribution is 2.14. The van der Waals surface area contributed by atoms with E-state index in [0.717, 1.165) is 31.7 Å². The van der Waals surface area contributed by atoms with Crippen molar-refractivity contribution in [1.29, 1.82) is 0 Å². The zero-order chi connectivity index (χ0) is 17.5. The van der Waals surface area contributed by atoms with Crippen molar-refractivity contribution in [2.75, 3.05) is 33.3 Å². The molecule has 0 aromatic heterocycles. The summed E-state index contributed by atoms with van der Waals surface area (Å²) < 4.78 is 5.71. The number of likely N-dealkylation sites (N-methyl/N-ethyl adjacent to an activating group) is 1. The summed E-state index contributed by atoms with van der Waals surface area (Å²) >= 11 is 0. The van der Waals surface area contributed by atoms with Gasteiger partial charge in [-0.05, 0) is 38.4 Å². The van der Waals surface area contributed by atoms with Crippen LogP contribution < -0.4 is 10.6 Å². The average molecular weight is 333 g/mol. The third kappa shape index (κ3) is 5.58. The number of rotatable bonds is 7. The van der Waals surface area contributed by atoms with Gasteiger partial charge in [0.2, 0.25) is 5.91 Å². The number of carbonyl (C=O) groups is 1. The van der Waals surface area contributed by atoms with E-state index in [1.807, 2.05) is 13.8 Å². The Morgan fingerprint density at radius 1 is 1.33 bits per heavy atom.